The molecule has 0 saturated heterocycles. The lowest BCUT2D eigenvalue weighted by molar-refractivity contribution is 0.813. The largest absolute Gasteiger partial charge is 0.0773 e. The topological polar surface area (TPSA) is 0 Å². The minimum Gasteiger partial charge on any atom is -0.0773 e. The molecule has 1 aromatic rings. The molecule has 0 unspecified atom stereocenters. The Morgan fingerprint density at radius 1 is 0.933 bits per heavy atom. The zero-order chi connectivity index (χ0) is 10.8. The van der Waals surface area contributed by atoms with Gasteiger partial charge in [0, 0.05) is 0 Å². The van der Waals surface area contributed by atoms with E-state index in [-0.39, 0.29) is 0 Å². The van der Waals surface area contributed by atoms with Crippen LogP contribution in [-0.2, 0) is 6.42 Å². The van der Waals surface area contributed by atoms with Crippen LogP contribution in [-0.4, -0.2) is 0 Å². The number of hydrogen-bond acceptors (Lipinski definition) is 0. The third-order valence-corrected chi connectivity index (χ3v) is 3.29. The highest BCUT2D eigenvalue weighted by molar-refractivity contribution is 5.37. The zero-order valence-electron chi connectivity index (χ0n) is 9.75. The standard InChI is InChI=1S/C15H18/c1-11-8-15(9-12(2)13(11)3)10-14-6-4-5-7-14/h4-9,14H,10H2,1-3H3. The molecule has 0 nitrogen and oxygen atoms in total. The second kappa shape index (κ2) is 4.06. The first kappa shape index (κ1) is 10.2. The van der Waals surface area contributed by atoms with Gasteiger partial charge in [0.25, 0.3) is 0 Å². The van der Waals surface area contributed by atoms with E-state index >= 15 is 0 Å². The minimum absolute atomic E-state index is 0.603. The summed E-state index contributed by atoms with van der Waals surface area (Å²) in [6.45, 7) is 6.60. The Morgan fingerprint density at radius 2 is 1.47 bits per heavy atom. The molecule has 1 aliphatic carbocycles. The fourth-order valence-corrected chi connectivity index (χ4v) is 2.13. The quantitative estimate of drug-likeness (QED) is 0.676. The fourth-order valence-electron chi connectivity index (χ4n) is 2.13. The first-order valence-electron chi connectivity index (χ1n) is 5.58. The van der Waals surface area contributed by atoms with Crippen molar-refractivity contribution in [2.24, 2.45) is 5.92 Å². The monoisotopic (exact) mass is 198 g/mol. The van der Waals surface area contributed by atoms with Crippen molar-refractivity contribution < 1.29 is 0 Å². The molecule has 0 bridgehead atoms. The molecule has 1 aromatic carbocycles. The average Bonchev–Trinajstić information content (AvgIpc) is 2.66. The number of rotatable bonds is 2. The van der Waals surface area contributed by atoms with Crippen molar-refractivity contribution in [2.45, 2.75) is 27.2 Å². The van der Waals surface area contributed by atoms with E-state index in [0.717, 1.165) is 6.42 Å². The minimum atomic E-state index is 0.603. The van der Waals surface area contributed by atoms with Crippen LogP contribution < -0.4 is 0 Å². The molecule has 0 radical (unpaired) electrons. The van der Waals surface area contributed by atoms with E-state index in [2.05, 4.69) is 57.2 Å². The van der Waals surface area contributed by atoms with Crippen molar-refractivity contribution in [3.63, 3.8) is 0 Å². The SMILES string of the molecule is Cc1cc(CC2C=CC=C2)cc(C)c1C. The molecular formula is C15H18. The number of benzene rings is 1. The molecule has 0 aliphatic heterocycles. The molecule has 0 amide bonds. The van der Waals surface area contributed by atoms with Gasteiger partial charge in [-0.3, -0.25) is 0 Å². The lowest BCUT2D eigenvalue weighted by atomic mass is 9.95. The third kappa shape index (κ3) is 2.20. The van der Waals surface area contributed by atoms with Crippen LogP contribution in [0.15, 0.2) is 36.4 Å². The van der Waals surface area contributed by atoms with Crippen molar-refractivity contribution in [3.8, 4) is 0 Å². The molecule has 78 valence electrons. The summed E-state index contributed by atoms with van der Waals surface area (Å²) in [6.07, 6.45) is 9.95. The van der Waals surface area contributed by atoms with E-state index in [1.54, 1.807) is 0 Å². The van der Waals surface area contributed by atoms with Crippen LogP contribution in [0.2, 0.25) is 0 Å². The van der Waals surface area contributed by atoms with Gasteiger partial charge in [0.05, 0.1) is 0 Å². The lowest BCUT2D eigenvalue weighted by Crippen LogP contribution is -1.98. The van der Waals surface area contributed by atoms with Crippen LogP contribution in [0.5, 0.6) is 0 Å². The fraction of sp³-hybridized carbons (Fsp3) is 0.333. The summed E-state index contributed by atoms with van der Waals surface area (Å²) in [5, 5.41) is 0. The molecule has 15 heavy (non-hydrogen) atoms. The summed E-state index contributed by atoms with van der Waals surface area (Å²) in [5.74, 6) is 0.603. The summed E-state index contributed by atoms with van der Waals surface area (Å²) < 4.78 is 0. The molecule has 0 heterocycles. The van der Waals surface area contributed by atoms with Crippen molar-refractivity contribution >= 4 is 0 Å². The molecule has 0 heteroatoms. The maximum atomic E-state index is 2.32. The lowest BCUT2D eigenvalue weighted by Gasteiger charge is -2.11. The second-order valence-corrected chi connectivity index (χ2v) is 4.49. The Morgan fingerprint density at radius 3 is 2.00 bits per heavy atom. The van der Waals surface area contributed by atoms with Gasteiger partial charge in [0.1, 0.15) is 0 Å². The van der Waals surface area contributed by atoms with Crippen molar-refractivity contribution in [2.75, 3.05) is 0 Å². The molecular weight excluding hydrogens is 180 g/mol. The summed E-state index contributed by atoms with van der Waals surface area (Å²) in [5.41, 5.74) is 5.71. The molecule has 0 N–H and O–H groups in total. The van der Waals surface area contributed by atoms with E-state index < -0.39 is 0 Å². The second-order valence-electron chi connectivity index (χ2n) is 4.49. The Bertz CT molecular complexity index is 387. The Balaban J connectivity index is 2.22. The number of allylic oxidation sites excluding steroid dienone is 4. The van der Waals surface area contributed by atoms with E-state index in [4.69, 9.17) is 0 Å². The Kier molecular flexibility index (Phi) is 2.77. The smallest absolute Gasteiger partial charge is 0.000683 e. The van der Waals surface area contributed by atoms with Crippen LogP contribution in [0, 0.1) is 26.7 Å². The first-order valence-corrected chi connectivity index (χ1v) is 5.58. The van der Waals surface area contributed by atoms with Gasteiger partial charge in [-0.2, -0.15) is 0 Å². The van der Waals surface area contributed by atoms with E-state index in [0.29, 0.717) is 5.92 Å². The predicted molar refractivity (Wildman–Crippen MR) is 66.1 cm³/mol. The van der Waals surface area contributed by atoms with Gasteiger partial charge in [0.2, 0.25) is 0 Å². The van der Waals surface area contributed by atoms with Gasteiger partial charge in [-0.25, -0.2) is 0 Å². The van der Waals surface area contributed by atoms with Crippen molar-refractivity contribution in [1.29, 1.82) is 0 Å². The molecule has 0 spiro atoms. The third-order valence-electron chi connectivity index (χ3n) is 3.29. The highest BCUT2D eigenvalue weighted by atomic mass is 14.1. The van der Waals surface area contributed by atoms with Crippen LogP contribution in [0.25, 0.3) is 0 Å². The molecule has 1 aliphatic rings. The summed E-state index contributed by atoms with van der Waals surface area (Å²) in [4.78, 5) is 0. The molecule has 2 rings (SSSR count). The maximum Gasteiger partial charge on any atom is -0.000683 e. The summed E-state index contributed by atoms with van der Waals surface area (Å²) in [7, 11) is 0. The first-order chi connectivity index (χ1) is 7.16. The van der Waals surface area contributed by atoms with Gasteiger partial charge < -0.3 is 0 Å². The highest BCUT2D eigenvalue weighted by Gasteiger charge is 2.07. The Labute approximate surface area is 92.3 Å². The van der Waals surface area contributed by atoms with Gasteiger partial charge in [-0.1, -0.05) is 36.4 Å². The predicted octanol–water partition coefficient (Wildman–Crippen LogP) is 3.90. The van der Waals surface area contributed by atoms with Crippen LogP contribution in [0.4, 0.5) is 0 Å². The summed E-state index contributed by atoms with van der Waals surface area (Å²) >= 11 is 0. The van der Waals surface area contributed by atoms with E-state index in [9.17, 15) is 0 Å². The highest BCUT2D eigenvalue weighted by Crippen LogP contribution is 2.20. The number of hydrogen-bond donors (Lipinski definition) is 0. The Hall–Kier alpha value is -1.30. The zero-order valence-corrected chi connectivity index (χ0v) is 9.75. The number of aryl methyl sites for hydroxylation is 2. The molecule has 0 atom stereocenters. The van der Waals surface area contributed by atoms with Crippen molar-refractivity contribution in [1.82, 2.24) is 0 Å². The van der Waals surface area contributed by atoms with E-state index in [1.165, 1.54) is 22.3 Å². The van der Waals surface area contributed by atoms with E-state index in [1.807, 2.05) is 0 Å². The van der Waals surface area contributed by atoms with Gasteiger partial charge in [-0.05, 0) is 55.4 Å². The van der Waals surface area contributed by atoms with Crippen LogP contribution >= 0.6 is 0 Å². The van der Waals surface area contributed by atoms with Gasteiger partial charge >= 0.3 is 0 Å². The normalized spacial score (nSPS) is 15.1. The molecule has 0 aromatic heterocycles. The van der Waals surface area contributed by atoms with Gasteiger partial charge in [0.15, 0.2) is 0 Å². The molecule has 0 saturated carbocycles. The van der Waals surface area contributed by atoms with Gasteiger partial charge in [-0.15, -0.1) is 0 Å². The summed E-state index contributed by atoms with van der Waals surface area (Å²) in [6, 6.07) is 4.64. The van der Waals surface area contributed by atoms with Crippen molar-refractivity contribution in [3.05, 3.63) is 58.7 Å². The molecule has 0 fully saturated rings. The van der Waals surface area contributed by atoms with Crippen LogP contribution in [0.3, 0.4) is 0 Å². The van der Waals surface area contributed by atoms with Crippen LogP contribution in [0.1, 0.15) is 22.3 Å². The maximum absolute atomic E-state index is 2.32. The average molecular weight is 198 g/mol.